The number of aromatic hydroxyl groups is 2. The minimum Gasteiger partial charge on any atom is -0.507 e. The number of fused-ring (bicyclic) bond motifs is 2. The number of methoxy groups -OCH3 is 4. The van der Waals surface area contributed by atoms with Gasteiger partial charge in [0.1, 0.15) is 57.1 Å². The third-order valence-corrected chi connectivity index (χ3v) is 8.10. The number of ether oxygens (including phenoxy) is 6. The summed E-state index contributed by atoms with van der Waals surface area (Å²) < 4.78 is 34.4. The summed E-state index contributed by atoms with van der Waals surface area (Å²) in [6.07, 6.45) is -2.15. The summed E-state index contributed by atoms with van der Waals surface area (Å²) in [6.45, 7) is 0. The zero-order valence-corrected chi connectivity index (χ0v) is 24.4. The Morgan fingerprint density at radius 1 is 0.523 bits per heavy atom. The molecule has 0 saturated heterocycles. The highest BCUT2D eigenvalue weighted by atomic mass is 16.6. The van der Waals surface area contributed by atoms with Crippen molar-refractivity contribution in [2.45, 2.75) is 24.0 Å². The molecule has 10 heteroatoms. The normalized spacial score (nSPS) is 20.5. The largest absolute Gasteiger partial charge is 0.507 e. The maximum absolute atomic E-state index is 14.3. The molecule has 0 aromatic heterocycles. The summed E-state index contributed by atoms with van der Waals surface area (Å²) in [5.74, 6) is -1.56. The molecule has 0 radical (unpaired) electrons. The van der Waals surface area contributed by atoms with Crippen LogP contribution in [0.15, 0.2) is 72.8 Å². The van der Waals surface area contributed by atoms with Crippen LogP contribution in [0.4, 0.5) is 0 Å². The molecule has 226 valence electrons. The first kappa shape index (κ1) is 28.7. The lowest BCUT2D eigenvalue weighted by Gasteiger charge is -2.42. The molecule has 4 atom stereocenters. The third kappa shape index (κ3) is 4.78. The van der Waals surface area contributed by atoms with Crippen molar-refractivity contribution in [2.75, 3.05) is 28.4 Å². The van der Waals surface area contributed by atoms with E-state index in [1.54, 1.807) is 48.5 Å². The fourth-order valence-electron chi connectivity index (χ4n) is 5.93. The average molecular weight is 599 g/mol. The Kier molecular flexibility index (Phi) is 7.42. The van der Waals surface area contributed by atoms with Gasteiger partial charge in [0, 0.05) is 24.3 Å². The molecule has 0 fully saturated rings. The summed E-state index contributed by atoms with van der Waals surface area (Å²) in [6, 6.07) is 19.5. The highest BCUT2D eigenvalue weighted by Gasteiger charge is 2.52. The van der Waals surface area contributed by atoms with Crippen LogP contribution in [0.25, 0.3) is 0 Å². The van der Waals surface area contributed by atoms with Crippen molar-refractivity contribution >= 4 is 11.6 Å². The first-order chi connectivity index (χ1) is 21.3. The summed E-state index contributed by atoms with van der Waals surface area (Å²) in [5.41, 5.74) is 1.10. The fraction of sp³-hybridized carbons (Fsp3) is 0.235. The van der Waals surface area contributed by atoms with E-state index in [2.05, 4.69) is 0 Å². The Labute approximate surface area is 253 Å². The van der Waals surface area contributed by atoms with Crippen LogP contribution in [0.3, 0.4) is 0 Å². The highest BCUT2D eigenvalue weighted by Crippen LogP contribution is 2.50. The molecule has 10 nitrogen and oxygen atoms in total. The molecule has 2 N–H and O–H groups in total. The highest BCUT2D eigenvalue weighted by molar-refractivity contribution is 6.09. The van der Waals surface area contributed by atoms with Gasteiger partial charge in [-0.05, 0) is 35.4 Å². The van der Waals surface area contributed by atoms with Crippen LogP contribution < -0.4 is 28.4 Å². The number of carbonyl (C=O) groups is 2. The molecule has 0 amide bonds. The van der Waals surface area contributed by atoms with Gasteiger partial charge in [-0.2, -0.15) is 0 Å². The van der Waals surface area contributed by atoms with Crippen molar-refractivity contribution in [2.24, 2.45) is 0 Å². The van der Waals surface area contributed by atoms with Crippen molar-refractivity contribution in [3.63, 3.8) is 0 Å². The van der Waals surface area contributed by atoms with E-state index in [1.165, 1.54) is 52.7 Å². The molecule has 4 aromatic carbocycles. The number of benzene rings is 4. The maximum atomic E-state index is 14.3. The smallest absolute Gasteiger partial charge is 0.181 e. The van der Waals surface area contributed by atoms with Crippen molar-refractivity contribution in [3.05, 3.63) is 95.1 Å². The van der Waals surface area contributed by atoms with Gasteiger partial charge in [0.15, 0.2) is 23.8 Å². The summed E-state index contributed by atoms with van der Waals surface area (Å²) in [4.78, 5) is 28.6. The second-order valence-corrected chi connectivity index (χ2v) is 10.4. The Hall–Kier alpha value is -5.38. The maximum Gasteiger partial charge on any atom is 0.181 e. The van der Waals surface area contributed by atoms with E-state index in [4.69, 9.17) is 28.4 Å². The molecule has 44 heavy (non-hydrogen) atoms. The Morgan fingerprint density at radius 2 is 0.864 bits per heavy atom. The molecular weight excluding hydrogens is 568 g/mol. The van der Waals surface area contributed by atoms with E-state index in [-0.39, 0.29) is 45.6 Å². The van der Waals surface area contributed by atoms with Gasteiger partial charge in [-0.3, -0.25) is 9.59 Å². The van der Waals surface area contributed by atoms with E-state index >= 15 is 0 Å². The van der Waals surface area contributed by atoms with Crippen LogP contribution in [0.5, 0.6) is 46.0 Å². The van der Waals surface area contributed by atoms with Gasteiger partial charge < -0.3 is 38.6 Å². The number of phenols is 2. The topological polar surface area (TPSA) is 130 Å². The van der Waals surface area contributed by atoms with E-state index in [9.17, 15) is 19.8 Å². The standard InChI is InChI=1S/C34H30O10/c1-39-19-9-5-17(6-10-19)27-31(37)29-23(35)13-21(41-3)15-25(29)43-33(27)34-28(18-7-11-20(40-2)12-8-18)32(38)30-24(36)14-22(42-4)16-26(30)44-34/h5-16,27-28,33-36H,1-4H3. The fourth-order valence-corrected chi connectivity index (χ4v) is 5.93. The Bertz CT molecular complexity index is 1600. The number of hydrogen-bond donors (Lipinski definition) is 2. The van der Waals surface area contributed by atoms with Crippen LogP contribution in [0.1, 0.15) is 43.7 Å². The lowest BCUT2D eigenvalue weighted by molar-refractivity contribution is 0.00727. The molecule has 0 bridgehead atoms. The Balaban J connectivity index is 1.56. The first-order valence-corrected chi connectivity index (χ1v) is 13.8. The van der Waals surface area contributed by atoms with Gasteiger partial charge in [-0.25, -0.2) is 0 Å². The zero-order valence-electron chi connectivity index (χ0n) is 24.4. The third-order valence-electron chi connectivity index (χ3n) is 8.10. The second-order valence-electron chi connectivity index (χ2n) is 10.4. The molecule has 2 aliphatic heterocycles. The molecular formula is C34H30O10. The molecule has 2 heterocycles. The van der Waals surface area contributed by atoms with Crippen LogP contribution >= 0.6 is 0 Å². The Morgan fingerprint density at radius 3 is 1.18 bits per heavy atom. The predicted octanol–water partition coefficient (Wildman–Crippen LogP) is 5.29. The van der Waals surface area contributed by atoms with Crippen LogP contribution in [-0.2, 0) is 0 Å². The van der Waals surface area contributed by atoms with Gasteiger partial charge in [0.25, 0.3) is 0 Å². The summed E-state index contributed by atoms with van der Waals surface area (Å²) in [5, 5.41) is 21.8. The van der Waals surface area contributed by atoms with E-state index < -0.39 is 35.6 Å². The predicted molar refractivity (Wildman–Crippen MR) is 158 cm³/mol. The number of ketones is 2. The number of hydrogen-bond acceptors (Lipinski definition) is 10. The van der Waals surface area contributed by atoms with Gasteiger partial charge in [-0.1, -0.05) is 24.3 Å². The molecule has 0 saturated carbocycles. The summed E-state index contributed by atoms with van der Waals surface area (Å²) >= 11 is 0. The summed E-state index contributed by atoms with van der Waals surface area (Å²) in [7, 11) is 5.94. The molecule has 0 aliphatic carbocycles. The number of carbonyl (C=O) groups excluding carboxylic acids is 2. The number of Topliss-reactive ketones (excluding diaryl/α,β-unsaturated/α-hetero) is 2. The van der Waals surface area contributed by atoms with Crippen LogP contribution in [0.2, 0.25) is 0 Å². The van der Waals surface area contributed by atoms with Crippen LogP contribution in [-0.4, -0.2) is 62.4 Å². The van der Waals surface area contributed by atoms with E-state index in [1.807, 2.05) is 0 Å². The minimum absolute atomic E-state index is 0.00860. The number of rotatable bonds is 7. The first-order valence-electron chi connectivity index (χ1n) is 13.8. The minimum atomic E-state index is -1.08. The molecule has 4 aromatic rings. The molecule has 2 aliphatic rings. The lowest BCUT2D eigenvalue weighted by atomic mass is 9.74. The average Bonchev–Trinajstić information content (AvgIpc) is 3.04. The quantitative estimate of drug-likeness (QED) is 0.290. The van der Waals surface area contributed by atoms with E-state index in [0.717, 1.165) is 0 Å². The molecule has 0 spiro atoms. The second kappa shape index (κ2) is 11.4. The molecule has 6 rings (SSSR count). The van der Waals surface area contributed by atoms with Gasteiger partial charge in [0.2, 0.25) is 0 Å². The van der Waals surface area contributed by atoms with Crippen molar-refractivity contribution in [1.82, 2.24) is 0 Å². The van der Waals surface area contributed by atoms with Crippen LogP contribution in [0, 0.1) is 0 Å². The van der Waals surface area contributed by atoms with E-state index in [0.29, 0.717) is 22.6 Å². The molecule has 4 unspecified atom stereocenters. The van der Waals surface area contributed by atoms with Gasteiger partial charge in [0.05, 0.1) is 40.3 Å². The van der Waals surface area contributed by atoms with Crippen molar-refractivity contribution in [3.8, 4) is 46.0 Å². The lowest BCUT2D eigenvalue weighted by Crippen LogP contribution is -2.52. The van der Waals surface area contributed by atoms with Gasteiger partial charge >= 0.3 is 0 Å². The number of phenolic OH excluding ortho intramolecular Hbond substituents is 2. The monoisotopic (exact) mass is 598 g/mol. The van der Waals surface area contributed by atoms with Crippen molar-refractivity contribution in [1.29, 1.82) is 0 Å². The van der Waals surface area contributed by atoms with Gasteiger partial charge in [-0.15, -0.1) is 0 Å². The zero-order chi connectivity index (χ0) is 31.1. The van der Waals surface area contributed by atoms with Crippen molar-refractivity contribution < 1.29 is 48.2 Å². The SMILES string of the molecule is COc1ccc(C2C(=O)c3c(O)cc(OC)cc3OC2C2Oc3cc(OC)cc(O)c3C(=O)C2c2ccc(OC)cc2)cc1.